The predicted octanol–water partition coefficient (Wildman–Crippen LogP) is -2.44. The van der Waals surface area contributed by atoms with Crippen molar-refractivity contribution in [2.75, 3.05) is 0 Å². The van der Waals surface area contributed by atoms with E-state index in [9.17, 15) is 9.59 Å². The van der Waals surface area contributed by atoms with Gasteiger partial charge in [-0.3, -0.25) is 9.59 Å². The number of carboxylic acids is 2. The first-order chi connectivity index (χ1) is 4.54. The van der Waals surface area contributed by atoms with Crippen LogP contribution in [0.2, 0.25) is 0 Å². The summed E-state index contributed by atoms with van der Waals surface area (Å²) in [6.45, 7) is 6.50. The van der Waals surface area contributed by atoms with Crippen LogP contribution in [0, 0.1) is 6.92 Å². The SMILES string of the molecule is C=C[CH2-].O=C(O)CC(=O)O.[Li+]. The van der Waals surface area contributed by atoms with E-state index >= 15 is 0 Å². The summed E-state index contributed by atoms with van der Waals surface area (Å²) in [5, 5.41) is 15.4. The maximum atomic E-state index is 9.43. The molecule has 11 heavy (non-hydrogen) atoms. The molecule has 0 amide bonds. The minimum absolute atomic E-state index is 0. The molecule has 0 aromatic heterocycles. The first kappa shape index (κ1) is 16.6. The second-order valence-electron chi connectivity index (χ2n) is 1.25. The van der Waals surface area contributed by atoms with Gasteiger partial charge in [-0.25, -0.2) is 19.6 Å². The van der Waals surface area contributed by atoms with Crippen molar-refractivity contribution in [2.45, 2.75) is 6.42 Å². The number of aliphatic carboxylic acids is 2. The molecule has 0 aromatic rings. The van der Waals surface area contributed by atoms with Gasteiger partial charge in [0.1, 0.15) is 6.42 Å². The average molecular weight is 152 g/mol. The molecule has 0 aromatic carbocycles. The van der Waals surface area contributed by atoms with Crippen LogP contribution >= 0.6 is 0 Å². The summed E-state index contributed by atoms with van der Waals surface area (Å²) in [4.78, 5) is 18.9. The van der Waals surface area contributed by atoms with Gasteiger partial charge < -0.3 is 10.2 Å². The average Bonchev–Trinajstić information content (AvgIpc) is 1.62. The van der Waals surface area contributed by atoms with Crippen LogP contribution in [0.15, 0.2) is 12.7 Å². The van der Waals surface area contributed by atoms with Crippen molar-refractivity contribution in [3.63, 3.8) is 0 Å². The molecule has 5 heteroatoms. The molecule has 0 atom stereocenters. The number of hydrogen-bond acceptors (Lipinski definition) is 2. The minimum atomic E-state index is -1.31. The molecule has 0 spiro atoms. The first-order valence-corrected chi connectivity index (χ1v) is 2.38. The molecule has 0 heterocycles. The molecule has 0 bridgehead atoms. The Morgan fingerprint density at radius 3 is 1.55 bits per heavy atom. The van der Waals surface area contributed by atoms with Crippen LogP contribution in [0.3, 0.4) is 0 Å². The third-order valence-corrected chi connectivity index (χ3v) is 0.302. The van der Waals surface area contributed by atoms with Crippen molar-refractivity contribution in [3.8, 4) is 0 Å². The standard InChI is InChI=1S/C3H4O4.C3H5.Li/c4-2(5)1-3(6)7;1-3-2;/h1H2,(H,4,5)(H,6,7);3H,1-2H2;/q;-1;+1. The molecule has 58 valence electrons. The van der Waals surface area contributed by atoms with E-state index in [0.29, 0.717) is 0 Å². The van der Waals surface area contributed by atoms with Crippen LogP contribution in [0.5, 0.6) is 0 Å². The van der Waals surface area contributed by atoms with E-state index in [1.165, 1.54) is 6.08 Å². The molecular weight excluding hydrogens is 143 g/mol. The van der Waals surface area contributed by atoms with Gasteiger partial charge in [0.15, 0.2) is 0 Å². The zero-order chi connectivity index (χ0) is 8.57. The predicted molar refractivity (Wildman–Crippen MR) is 35.4 cm³/mol. The van der Waals surface area contributed by atoms with Gasteiger partial charge in [0, 0.05) is 0 Å². The van der Waals surface area contributed by atoms with E-state index in [1.54, 1.807) is 0 Å². The van der Waals surface area contributed by atoms with E-state index in [1.807, 2.05) is 0 Å². The molecule has 0 fully saturated rings. The van der Waals surface area contributed by atoms with Gasteiger partial charge in [0.05, 0.1) is 0 Å². The van der Waals surface area contributed by atoms with Gasteiger partial charge >= 0.3 is 30.8 Å². The van der Waals surface area contributed by atoms with Crippen LogP contribution < -0.4 is 18.9 Å². The Hall–Kier alpha value is -0.853. The Balaban J connectivity index is -0.000000140. The van der Waals surface area contributed by atoms with E-state index in [-0.39, 0.29) is 18.9 Å². The summed E-state index contributed by atoms with van der Waals surface area (Å²) in [7, 11) is 0. The number of rotatable bonds is 2. The van der Waals surface area contributed by atoms with Gasteiger partial charge in [-0.05, 0) is 0 Å². The van der Waals surface area contributed by atoms with E-state index < -0.39 is 18.4 Å². The fraction of sp³-hybridized carbons (Fsp3) is 0.167. The Morgan fingerprint density at radius 2 is 1.55 bits per heavy atom. The number of hydrogen-bond donors (Lipinski definition) is 2. The maximum Gasteiger partial charge on any atom is 1.00 e. The van der Waals surface area contributed by atoms with Gasteiger partial charge in [0.25, 0.3) is 0 Å². The molecule has 0 unspecified atom stereocenters. The summed E-state index contributed by atoms with van der Waals surface area (Å²) in [5.74, 6) is -2.62. The first-order valence-electron chi connectivity index (χ1n) is 2.38. The molecule has 0 radical (unpaired) electrons. The topological polar surface area (TPSA) is 74.6 Å². The molecule has 2 N–H and O–H groups in total. The fourth-order valence-electron chi connectivity index (χ4n) is 0.129. The smallest absolute Gasteiger partial charge is 0.481 e. The molecule has 4 nitrogen and oxygen atoms in total. The molecule has 0 saturated heterocycles. The van der Waals surface area contributed by atoms with Crippen LogP contribution in [-0.2, 0) is 9.59 Å². The van der Waals surface area contributed by atoms with Gasteiger partial charge in [-0.15, -0.1) is 0 Å². The quantitative estimate of drug-likeness (QED) is 0.262. The molecular formula is C6H9LiO4. The Bertz CT molecular complexity index is 121. The molecule has 0 aliphatic carbocycles. The zero-order valence-corrected chi connectivity index (χ0v) is 6.41. The summed E-state index contributed by atoms with van der Waals surface area (Å²) in [5.41, 5.74) is 0. The van der Waals surface area contributed by atoms with Crippen LogP contribution in [0.1, 0.15) is 6.42 Å². The van der Waals surface area contributed by atoms with Crippen molar-refractivity contribution in [2.24, 2.45) is 0 Å². The van der Waals surface area contributed by atoms with E-state index in [2.05, 4.69) is 13.5 Å². The Labute approximate surface area is 77.1 Å². The number of allylic oxidation sites excluding steroid dienone is 1. The second-order valence-corrected chi connectivity index (χ2v) is 1.25. The van der Waals surface area contributed by atoms with Crippen molar-refractivity contribution in [1.82, 2.24) is 0 Å². The van der Waals surface area contributed by atoms with Crippen LogP contribution in [-0.4, -0.2) is 22.2 Å². The zero-order valence-electron chi connectivity index (χ0n) is 6.41. The molecule has 0 aliphatic heterocycles. The summed E-state index contributed by atoms with van der Waals surface area (Å²) < 4.78 is 0. The third kappa shape index (κ3) is 47.2. The van der Waals surface area contributed by atoms with Gasteiger partial charge in [-0.2, -0.15) is 0 Å². The second kappa shape index (κ2) is 11.9. The summed E-state index contributed by atoms with van der Waals surface area (Å²) in [6, 6.07) is 0. The largest absolute Gasteiger partial charge is 1.00 e. The van der Waals surface area contributed by atoms with E-state index in [4.69, 9.17) is 10.2 Å². The fourth-order valence-corrected chi connectivity index (χ4v) is 0.129. The summed E-state index contributed by atoms with van der Waals surface area (Å²) >= 11 is 0. The number of carboxylic acid groups (broad SMARTS) is 2. The molecule has 0 saturated carbocycles. The van der Waals surface area contributed by atoms with Crippen molar-refractivity contribution in [3.05, 3.63) is 19.6 Å². The maximum absolute atomic E-state index is 9.43. The van der Waals surface area contributed by atoms with Crippen LogP contribution in [0.25, 0.3) is 0 Å². The van der Waals surface area contributed by atoms with Gasteiger partial charge in [-0.1, -0.05) is 0 Å². The molecule has 0 aliphatic rings. The molecule has 0 rings (SSSR count). The Morgan fingerprint density at radius 1 is 1.36 bits per heavy atom. The van der Waals surface area contributed by atoms with Crippen molar-refractivity contribution < 1.29 is 38.7 Å². The Kier molecular flexibility index (Phi) is 18.0. The summed E-state index contributed by atoms with van der Waals surface area (Å²) in [6.07, 6.45) is 0.694. The van der Waals surface area contributed by atoms with Crippen molar-refractivity contribution >= 4 is 11.9 Å². The monoisotopic (exact) mass is 152 g/mol. The third-order valence-electron chi connectivity index (χ3n) is 0.302. The van der Waals surface area contributed by atoms with Crippen molar-refractivity contribution in [1.29, 1.82) is 0 Å². The van der Waals surface area contributed by atoms with Gasteiger partial charge in [0.2, 0.25) is 0 Å². The van der Waals surface area contributed by atoms with E-state index in [0.717, 1.165) is 0 Å². The minimum Gasteiger partial charge on any atom is -0.481 e. The normalized spacial score (nSPS) is 6.18. The number of carbonyl (C=O) groups is 2. The van der Waals surface area contributed by atoms with Crippen LogP contribution in [0.4, 0.5) is 0 Å².